The van der Waals surface area contributed by atoms with Gasteiger partial charge < -0.3 is 10.3 Å². The van der Waals surface area contributed by atoms with Gasteiger partial charge in [0.15, 0.2) is 0 Å². The first-order valence-electron chi connectivity index (χ1n) is 5.36. The van der Waals surface area contributed by atoms with Gasteiger partial charge in [-0.15, -0.1) is 0 Å². The van der Waals surface area contributed by atoms with E-state index < -0.39 is 0 Å². The van der Waals surface area contributed by atoms with Crippen LogP contribution in [0.5, 0.6) is 0 Å². The molecule has 4 nitrogen and oxygen atoms in total. The highest BCUT2D eigenvalue weighted by molar-refractivity contribution is 9.10. The average molecular weight is 282 g/mol. The third kappa shape index (κ3) is 1.51. The lowest BCUT2D eigenvalue weighted by atomic mass is 10.2. The van der Waals surface area contributed by atoms with Crippen molar-refractivity contribution in [3.05, 3.63) is 33.2 Å². The SMILES string of the molecule is O=c1[nH]c2cc(Br)ccc2n1C1CCNC1. The Hall–Kier alpha value is -1.07. The molecule has 5 heteroatoms. The predicted octanol–water partition coefficient (Wildman–Crippen LogP) is 1.63. The Balaban J connectivity index is 2.23. The fourth-order valence-electron chi connectivity index (χ4n) is 2.33. The number of halogens is 1. The smallest absolute Gasteiger partial charge is 0.315 e. The molecule has 0 aliphatic carbocycles. The summed E-state index contributed by atoms with van der Waals surface area (Å²) >= 11 is 3.41. The lowest BCUT2D eigenvalue weighted by Crippen LogP contribution is -2.23. The van der Waals surface area contributed by atoms with Crippen LogP contribution in [-0.4, -0.2) is 22.6 Å². The van der Waals surface area contributed by atoms with Gasteiger partial charge in [0, 0.05) is 11.0 Å². The number of nitrogens with zero attached hydrogens (tertiary/aromatic N) is 1. The van der Waals surface area contributed by atoms with Crippen LogP contribution in [0.4, 0.5) is 0 Å². The molecule has 1 unspecified atom stereocenters. The van der Waals surface area contributed by atoms with Crippen molar-refractivity contribution in [3.8, 4) is 0 Å². The Morgan fingerprint density at radius 3 is 3.06 bits per heavy atom. The van der Waals surface area contributed by atoms with Crippen molar-refractivity contribution in [1.29, 1.82) is 0 Å². The van der Waals surface area contributed by atoms with Crippen molar-refractivity contribution in [1.82, 2.24) is 14.9 Å². The highest BCUT2D eigenvalue weighted by Crippen LogP contribution is 2.22. The van der Waals surface area contributed by atoms with E-state index in [1.165, 1.54) is 0 Å². The lowest BCUT2D eigenvalue weighted by molar-refractivity contribution is 0.546. The van der Waals surface area contributed by atoms with Crippen LogP contribution in [0, 0.1) is 0 Å². The van der Waals surface area contributed by atoms with Crippen molar-refractivity contribution in [2.24, 2.45) is 0 Å². The summed E-state index contributed by atoms with van der Waals surface area (Å²) < 4.78 is 2.85. The van der Waals surface area contributed by atoms with Gasteiger partial charge in [0.1, 0.15) is 0 Å². The number of hydrogen-bond acceptors (Lipinski definition) is 2. The summed E-state index contributed by atoms with van der Waals surface area (Å²) in [6, 6.07) is 6.17. The largest absolute Gasteiger partial charge is 0.326 e. The van der Waals surface area contributed by atoms with Crippen LogP contribution in [-0.2, 0) is 0 Å². The number of imidazole rings is 1. The molecular weight excluding hydrogens is 270 g/mol. The third-order valence-corrected chi connectivity index (χ3v) is 3.57. The molecule has 1 aliphatic rings. The van der Waals surface area contributed by atoms with Crippen LogP contribution in [0.1, 0.15) is 12.5 Å². The van der Waals surface area contributed by atoms with E-state index in [0.717, 1.165) is 35.0 Å². The molecule has 0 amide bonds. The van der Waals surface area contributed by atoms with Gasteiger partial charge in [-0.05, 0) is 31.2 Å². The summed E-state index contributed by atoms with van der Waals surface area (Å²) in [6.07, 6.45) is 1.02. The predicted molar refractivity (Wildman–Crippen MR) is 66.8 cm³/mol. The van der Waals surface area contributed by atoms with Crippen LogP contribution in [0.2, 0.25) is 0 Å². The van der Waals surface area contributed by atoms with Gasteiger partial charge in [-0.1, -0.05) is 15.9 Å². The molecule has 1 atom stereocenters. The number of hydrogen-bond donors (Lipinski definition) is 2. The fraction of sp³-hybridized carbons (Fsp3) is 0.364. The molecule has 84 valence electrons. The molecule has 2 aromatic rings. The van der Waals surface area contributed by atoms with Gasteiger partial charge in [0.05, 0.1) is 17.1 Å². The van der Waals surface area contributed by atoms with Crippen LogP contribution >= 0.6 is 15.9 Å². The van der Waals surface area contributed by atoms with Crippen molar-refractivity contribution in [3.63, 3.8) is 0 Å². The van der Waals surface area contributed by atoms with Crippen molar-refractivity contribution in [2.45, 2.75) is 12.5 Å². The van der Waals surface area contributed by atoms with E-state index in [0.29, 0.717) is 0 Å². The number of H-pyrrole nitrogens is 1. The summed E-state index contributed by atoms with van der Waals surface area (Å²) in [5, 5.41) is 3.28. The van der Waals surface area contributed by atoms with Gasteiger partial charge in [-0.2, -0.15) is 0 Å². The minimum Gasteiger partial charge on any atom is -0.315 e. The number of aromatic nitrogens is 2. The van der Waals surface area contributed by atoms with Crippen LogP contribution < -0.4 is 11.0 Å². The van der Waals surface area contributed by atoms with Crippen molar-refractivity contribution < 1.29 is 0 Å². The second-order valence-electron chi connectivity index (χ2n) is 4.11. The van der Waals surface area contributed by atoms with Crippen molar-refractivity contribution in [2.75, 3.05) is 13.1 Å². The molecule has 1 aromatic carbocycles. The number of benzene rings is 1. The van der Waals surface area contributed by atoms with E-state index in [-0.39, 0.29) is 11.7 Å². The number of fused-ring (bicyclic) bond motifs is 1. The van der Waals surface area contributed by atoms with Gasteiger partial charge in [0.2, 0.25) is 0 Å². The van der Waals surface area contributed by atoms with Gasteiger partial charge in [-0.25, -0.2) is 4.79 Å². The zero-order valence-corrected chi connectivity index (χ0v) is 10.3. The molecule has 0 bridgehead atoms. The van der Waals surface area contributed by atoms with Crippen LogP contribution in [0.25, 0.3) is 11.0 Å². The minimum atomic E-state index is -0.0122. The molecule has 2 N–H and O–H groups in total. The molecule has 1 aliphatic heterocycles. The standard InChI is InChI=1S/C11H12BrN3O/c12-7-1-2-10-9(5-7)14-11(16)15(10)8-3-4-13-6-8/h1-2,5,8,13H,3-4,6H2,(H,14,16). The molecule has 3 rings (SSSR count). The molecule has 1 aromatic heterocycles. The zero-order valence-electron chi connectivity index (χ0n) is 8.66. The lowest BCUT2D eigenvalue weighted by Gasteiger charge is -2.10. The van der Waals surface area contributed by atoms with Gasteiger partial charge in [-0.3, -0.25) is 4.57 Å². The van der Waals surface area contributed by atoms with E-state index in [2.05, 4.69) is 26.2 Å². The summed E-state index contributed by atoms with van der Waals surface area (Å²) in [7, 11) is 0. The maximum Gasteiger partial charge on any atom is 0.326 e. The second kappa shape index (κ2) is 3.75. The van der Waals surface area contributed by atoms with E-state index in [4.69, 9.17) is 0 Å². The molecular formula is C11H12BrN3O. The summed E-state index contributed by atoms with van der Waals surface area (Å²) in [5.74, 6) is 0. The second-order valence-corrected chi connectivity index (χ2v) is 5.02. The van der Waals surface area contributed by atoms with E-state index >= 15 is 0 Å². The Morgan fingerprint density at radius 1 is 1.44 bits per heavy atom. The average Bonchev–Trinajstić information content (AvgIpc) is 2.83. The molecule has 0 spiro atoms. The Bertz CT molecular complexity index is 580. The zero-order chi connectivity index (χ0) is 11.1. The van der Waals surface area contributed by atoms with Crippen LogP contribution in [0.15, 0.2) is 27.5 Å². The first-order valence-corrected chi connectivity index (χ1v) is 6.15. The number of nitrogens with one attached hydrogen (secondary N) is 2. The van der Waals surface area contributed by atoms with Gasteiger partial charge >= 0.3 is 5.69 Å². The number of aromatic amines is 1. The maximum absolute atomic E-state index is 11.9. The quantitative estimate of drug-likeness (QED) is 0.835. The summed E-state index contributed by atoms with van der Waals surface area (Å²) in [5.41, 5.74) is 1.87. The first-order chi connectivity index (χ1) is 7.75. The molecule has 1 fully saturated rings. The monoisotopic (exact) mass is 281 g/mol. The molecule has 0 saturated carbocycles. The van der Waals surface area contributed by atoms with E-state index in [1.54, 1.807) is 0 Å². The van der Waals surface area contributed by atoms with Crippen LogP contribution in [0.3, 0.4) is 0 Å². The molecule has 16 heavy (non-hydrogen) atoms. The Labute approximate surface area is 101 Å². The van der Waals surface area contributed by atoms with E-state index in [1.807, 2.05) is 22.8 Å². The summed E-state index contributed by atoms with van der Waals surface area (Å²) in [6.45, 7) is 1.86. The summed E-state index contributed by atoms with van der Waals surface area (Å²) in [4.78, 5) is 14.8. The maximum atomic E-state index is 11.9. The Morgan fingerprint density at radius 2 is 2.31 bits per heavy atom. The van der Waals surface area contributed by atoms with E-state index in [9.17, 15) is 4.79 Å². The molecule has 1 saturated heterocycles. The van der Waals surface area contributed by atoms with Gasteiger partial charge in [0.25, 0.3) is 0 Å². The highest BCUT2D eigenvalue weighted by atomic mass is 79.9. The topological polar surface area (TPSA) is 49.8 Å². The molecule has 0 radical (unpaired) electrons. The fourth-order valence-corrected chi connectivity index (χ4v) is 2.69. The number of rotatable bonds is 1. The normalized spacial score (nSPS) is 20.7. The third-order valence-electron chi connectivity index (χ3n) is 3.08. The first kappa shape index (κ1) is 10.1. The minimum absolute atomic E-state index is 0.0122. The van der Waals surface area contributed by atoms with Crippen molar-refractivity contribution >= 4 is 27.0 Å². The molecule has 2 heterocycles. The Kier molecular flexibility index (Phi) is 2.37. The highest BCUT2D eigenvalue weighted by Gasteiger charge is 2.20.